The third kappa shape index (κ3) is 4.02. The molecule has 0 radical (unpaired) electrons. The summed E-state index contributed by atoms with van der Waals surface area (Å²) in [5.41, 5.74) is 0. The third-order valence-electron chi connectivity index (χ3n) is 2.17. The van der Waals surface area contributed by atoms with Crippen molar-refractivity contribution in [3.8, 4) is 0 Å². The van der Waals surface area contributed by atoms with Crippen molar-refractivity contribution in [2.75, 3.05) is 33.0 Å². The quantitative estimate of drug-likeness (QED) is 0.637. The highest BCUT2D eigenvalue weighted by Crippen LogP contribution is 2.09. The highest BCUT2D eigenvalue weighted by Gasteiger charge is 2.12. The van der Waals surface area contributed by atoms with E-state index in [4.69, 9.17) is 4.74 Å². The zero-order valence-electron chi connectivity index (χ0n) is 7.52. The number of halogens is 1. The summed E-state index contributed by atoms with van der Waals surface area (Å²) >= 11 is 0. The van der Waals surface area contributed by atoms with E-state index in [-0.39, 0.29) is 6.67 Å². The fourth-order valence-electron chi connectivity index (χ4n) is 1.47. The summed E-state index contributed by atoms with van der Waals surface area (Å²) in [5.74, 6) is 0.651. The Labute approximate surface area is 73.5 Å². The predicted octanol–water partition coefficient (Wildman–Crippen LogP) is 1.36. The molecule has 1 fully saturated rings. The molecule has 1 aliphatic rings. The molecule has 3 heteroatoms. The van der Waals surface area contributed by atoms with Crippen molar-refractivity contribution < 1.29 is 9.13 Å². The van der Waals surface area contributed by atoms with Crippen LogP contribution < -0.4 is 5.32 Å². The molecule has 0 spiro atoms. The van der Waals surface area contributed by atoms with E-state index >= 15 is 0 Å². The second kappa shape index (κ2) is 6.38. The summed E-state index contributed by atoms with van der Waals surface area (Å²) < 4.78 is 17.0. The largest absolute Gasteiger partial charge is 0.381 e. The zero-order chi connectivity index (χ0) is 8.65. The molecule has 1 N–H and O–H groups in total. The first-order valence-corrected chi connectivity index (χ1v) is 4.78. The van der Waals surface area contributed by atoms with Crippen LogP contribution in [0.15, 0.2) is 0 Å². The van der Waals surface area contributed by atoms with E-state index < -0.39 is 0 Å². The summed E-state index contributed by atoms with van der Waals surface area (Å²) in [5, 5.41) is 3.32. The molecule has 0 aromatic carbocycles. The minimum Gasteiger partial charge on any atom is -0.381 e. The Morgan fingerprint density at radius 3 is 3.08 bits per heavy atom. The van der Waals surface area contributed by atoms with Gasteiger partial charge in [-0.2, -0.15) is 0 Å². The average molecular weight is 175 g/mol. The Morgan fingerprint density at radius 2 is 2.42 bits per heavy atom. The van der Waals surface area contributed by atoms with Crippen LogP contribution in [0.2, 0.25) is 0 Å². The van der Waals surface area contributed by atoms with Crippen LogP contribution in [-0.2, 0) is 4.74 Å². The van der Waals surface area contributed by atoms with E-state index in [9.17, 15) is 4.39 Å². The lowest BCUT2D eigenvalue weighted by molar-refractivity contribution is 0.0848. The van der Waals surface area contributed by atoms with Gasteiger partial charge in [0, 0.05) is 13.2 Å². The number of nitrogens with one attached hydrogen (secondary N) is 1. The topological polar surface area (TPSA) is 21.3 Å². The normalized spacial score (nSPS) is 24.2. The van der Waals surface area contributed by atoms with Crippen molar-refractivity contribution in [2.24, 2.45) is 5.92 Å². The fraction of sp³-hybridized carbons (Fsp3) is 1.00. The molecule has 1 atom stereocenters. The second-order valence-electron chi connectivity index (χ2n) is 3.33. The lowest BCUT2D eigenvalue weighted by atomic mass is 10.0. The molecule has 1 aliphatic heterocycles. The first kappa shape index (κ1) is 9.93. The van der Waals surface area contributed by atoms with E-state index in [0.717, 1.165) is 19.7 Å². The molecule has 1 rings (SSSR count). The van der Waals surface area contributed by atoms with E-state index in [1.54, 1.807) is 0 Å². The van der Waals surface area contributed by atoms with Gasteiger partial charge in [-0.15, -0.1) is 0 Å². The van der Waals surface area contributed by atoms with Crippen molar-refractivity contribution in [3.05, 3.63) is 0 Å². The summed E-state index contributed by atoms with van der Waals surface area (Å²) in [4.78, 5) is 0. The molecule has 72 valence electrons. The molecule has 0 aliphatic carbocycles. The molecule has 2 nitrogen and oxygen atoms in total. The Bertz CT molecular complexity index is 105. The summed E-state index contributed by atoms with van der Waals surface area (Å²) in [6, 6.07) is 0. The van der Waals surface area contributed by atoms with Crippen LogP contribution in [0.5, 0.6) is 0 Å². The minimum absolute atomic E-state index is 0.261. The molecule has 0 aromatic rings. The molecule has 1 saturated heterocycles. The smallest absolute Gasteiger partial charge is 0.0916 e. The monoisotopic (exact) mass is 175 g/mol. The highest BCUT2D eigenvalue weighted by atomic mass is 19.1. The Kier molecular flexibility index (Phi) is 5.28. The molecular formula is C9H18FNO. The third-order valence-corrected chi connectivity index (χ3v) is 2.17. The van der Waals surface area contributed by atoms with Crippen molar-refractivity contribution in [1.82, 2.24) is 5.32 Å². The first-order valence-electron chi connectivity index (χ1n) is 4.78. The summed E-state index contributed by atoms with van der Waals surface area (Å²) in [6.45, 7) is 3.32. The van der Waals surface area contributed by atoms with Crippen LogP contribution >= 0.6 is 0 Å². The van der Waals surface area contributed by atoms with Gasteiger partial charge in [0.05, 0.1) is 13.3 Å². The van der Waals surface area contributed by atoms with Crippen molar-refractivity contribution in [3.63, 3.8) is 0 Å². The Balaban J connectivity index is 1.91. The summed E-state index contributed by atoms with van der Waals surface area (Å²) in [6.07, 6.45) is 3.04. The molecule has 1 unspecified atom stereocenters. The molecule has 0 bridgehead atoms. The van der Waals surface area contributed by atoms with Crippen LogP contribution in [0.25, 0.3) is 0 Å². The maximum Gasteiger partial charge on any atom is 0.0916 e. The van der Waals surface area contributed by atoms with Crippen molar-refractivity contribution >= 4 is 0 Å². The van der Waals surface area contributed by atoms with Gasteiger partial charge in [0.2, 0.25) is 0 Å². The number of piperidine rings is 1. The van der Waals surface area contributed by atoms with Gasteiger partial charge in [0.25, 0.3) is 0 Å². The molecular weight excluding hydrogens is 157 g/mol. The maximum absolute atomic E-state index is 11.7. The maximum atomic E-state index is 11.7. The van der Waals surface area contributed by atoms with Gasteiger partial charge in [0.1, 0.15) is 0 Å². The first-order chi connectivity index (χ1) is 5.93. The van der Waals surface area contributed by atoms with E-state index in [2.05, 4.69) is 5.32 Å². The second-order valence-corrected chi connectivity index (χ2v) is 3.33. The average Bonchev–Trinajstić information content (AvgIpc) is 2.14. The van der Waals surface area contributed by atoms with Gasteiger partial charge in [-0.1, -0.05) is 0 Å². The number of hydrogen-bond donors (Lipinski definition) is 1. The standard InChI is InChI=1S/C9H18FNO/c10-4-2-6-12-8-9-3-1-5-11-7-9/h9,11H,1-8H2. The lowest BCUT2D eigenvalue weighted by Crippen LogP contribution is -2.32. The van der Waals surface area contributed by atoms with E-state index in [1.165, 1.54) is 12.8 Å². The van der Waals surface area contributed by atoms with Crippen LogP contribution in [-0.4, -0.2) is 33.0 Å². The Morgan fingerprint density at radius 1 is 1.50 bits per heavy atom. The summed E-state index contributed by atoms with van der Waals surface area (Å²) in [7, 11) is 0. The van der Waals surface area contributed by atoms with Gasteiger partial charge >= 0.3 is 0 Å². The number of rotatable bonds is 5. The van der Waals surface area contributed by atoms with Crippen LogP contribution in [0.4, 0.5) is 4.39 Å². The molecule has 1 heterocycles. The van der Waals surface area contributed by atoms with Crippen LogP contribution in [0.3, 0.4) is 0 Å². The fourth-order valence-corrected chi connectivity index (χ4v) is 1.47. The van der Waals surface area contributed by atoms with Crippen LogP contribution in [0.1, 0.15) is 19.3 Å². The van der Waals surface area contributed by atoms with Crippen molar-refractivity contribution in [2.45, 2.75) is 19.3 Å². The van der Waals surface area contributed by atoms with Crippen molar-refractivity contribution in [1.29, 1.82) is 0 Å². The Hall–Kier alpha value is -0.150. The van der Waals surface area contributed by atoms with Gasteiger partial charge in [-0.3, -0.25) is 4.39 Å². The molecule has 0 aromatic heterocycles. The van der Waals surface area contributed by atoms with Crippen LogP contribution in [0, 0.1) is 5.92 Å². The predicted molar refractivity (Wildman–Crippen MR) is 47.0 cm³/mol. The lowest BCUT2D eigenvalue weighted by Gasteiger charge is -2.22. The van der Waals surface area contributed by atoms with E-state index in [0.29, 0.717) is 18.9 Å². The zero-order valence-corrected chi connectivity index (χ0v) is 7.52. The molecule has 0 saturated carbocycles. The number of ether oxygens (including phenoxy) is 1. The van der Waals surface area contributed by atoms with Gasteiger partial charge in [-0.25, -0.2) is 0 Å². The molecule has 12 heavy (non-hydrogen) atoms. The number of alkyl halides is 1. The number of hydrogen-bond acceptors (Lipinski definition) is 2. The minimum atomic E-state index is -0.261. The van der Waals surface area contributed by atoms with Gasteiger partial charge in [-0.05, 0) is 31.7 Å². The van der Waals surface area contributed by atoms with Gasteiger partial charge in [0.15, 0.2) is 0 Å². The highest BCUT2D eigenvalue weighted by molar-refractivity contribution is 4.67. The SMILES string of the molecule is FCCCOCC1CCCNC1. The van der Waals surface area contributed by atoms with Gasteiger partial charge < -0.3 is 10.1 Å². The van der Waals surface area contributed by atoms with E-state index in [1.807, 2.05) is 0 Å². The molecule has 0 amide bonds.